The van der Waals surface area contributed by atoms with Gasteiger partial charge >= 0.3 is 0 Å². The molecule has 0 atom stereocenters. The maximum absolute atomic E-state index is 8.46. The summed E-state index contributed by atoms with van der Waals surface area (Å²) in [6, 6.07) is 1.89. The van der Waals surface area contributed by atoms with Gasteiger partial charge in [-0.3, -0.25) is 0 Å². The zero-order valence-corrected chi connectivity index (χ0v) is 6.58. The molecule has 2 aromatic heterocycles. The molecule has 0 amide bonds. The third-order valence-electron chi connectivity index (χ3n) is 1.17. The van der Waals surface area contributed by atoms with E-state index in [-0.39, 0.29) is 0 Å². The average Bonchev–Trinajstić information content (AvgIpc) is 2.75. The average molecular weight is 178 g/mol. The first-order chi connectivity index (χ1) is 5.90. The number of rotatable bonds is 1. The molecule has 0 aromatic carbocycles. The summed E-state index contributed by atoms with van der Waals surface area (Å²) < 4.78 is 8.84. The van der Waals surface area contributed by atoms with E-state index < -0.39 is 0 Å². The number of hydrogen-bond acceptors (Lipinski definition) is 6. The van der Waals surface area contributed by atoms with Gasteiger partial charge < -0.3 is 4.42 Å². The highest BCUT2D eigenvalue weighted by molar-refractivity contribution is 7.06. The van der Waals surface area contributed by atoms with Crippen molar-refractivity contribution < 1.29 is 4.42 Å². The van der Waals surface area contributed by atoms with Crippen molar-refractivity contribution >= 4 is 11.5 Å². The Labute approximate surface area is 71.5 Å². The van der Waals surface area contributed by atoms with Crippen molar-refractivity contribution in [2.75, 3.05) is 0 Å². The lowest BCUT2D eigenvalue weighted by molar-refractivity contribution is 0.568. The first kappa shape index (κ1) is 6.94. The van der Waals surface area contributed by atoms with Gasteiger partial charge in [0, 0.05) is 0 Å². The predicted molar refractivity (Wildman–Crippen MR) is 40.1 cm³/mol. The topological polar surface area (TPSA) is 75.6 Å². The lowest BCUT2D eigenvalue weighted by Gasteiger charge is -1.80. The second-order valence-electron chi connectivity index (χ2n) is 1.90. The fraction of sp³-hybridized carbons (Fsp3) is 0. The summed E-state index contributed by atoms with van der Waals surface area (Å²) in [5, 5.41) is 8.78. The van der Waals surface area contributed by atoms with E-state index in [0.29, 0.717) is 16.6 Å². The van der Waals surface area contributed by atoms with E-state index >= 15 is 0 Å². The van der Waals surface area contributed by atoms with Gasteiger partial charge in [0.2, 0.25) is 10.8 Å². The fourth-order valence-electron chi connectivity index (χ4n) is 0.695. The van der Waals surface area contributed by atoms with Crippen molar-refractivity contribution in [1.29, 1.82) is 5.26 Å². The number of hydrogen-bond donors (Lipinski definition) is 0. The predicted octanol–water partition coefficient (Wildman–Crippen LogP) is 1.06. The molecule has 0 radical (unpaired) electrons. The normalized spacial score (nSPS) is 9.58. The minimum atomic E-state index is 0.321. The van der Waals surface area contributed by atoms with Crippen molar-refractivity contribution in [3.8, 4) is 17.7 Å². The van der Waals surface area contributed by atoms with Crippen molar-refractivity contribution in [2.24, 2.45) is 0 Å². The van der Waals surface area contributed by atoms with Gasteiger partial charge in [-0.1, -0.05) is 0 Å². The number of aromatic nitrogens is 3. The summed E-state index contributed by atoms with van der Waals surface area (Å²) >= 11 is 1.04. The van der Waals surface area contributed by atoms with Crippen LogP contribution >= 0.6 is 11.5 Å². The number of nitriles is 1. The molecule has 0 aliphatic rings. The zero-order chi connectivity index (χ0) is 8.39. The summed E-state index contributed by atoms with van der Waals surface area (Å²) in [4.78, 5) is 7.59. The highest BCUT2D eigenvalue weighted by atomic mass is 32.1. The Morgan fingerprint density at radius 3 is 3.08 bits per heavy atom. The van der Waals surface area contributed by atoms with Crippen LogP contribution in [0.5, 0.6) is 0 Å². The van der Waals surface area contributed by atoms with E-state index in [0.717, 1.165) is 11.5 Å². The molecule has 0 unspecified atom stereocenters. The van der Waals surface area contributed by atoms with Crippen LogP contribution in [0.4, 0.5) is 0 Å². The first-order valence-corrected chi connectivity index (χ1v) is 3.80. The highest BCUT2D eigenvalue weighted by Crippen LogP contribution is 2.16. The molecule has 0 fully saturated rings. The van der Waals surface area contributed by atoms with Gasteiger partial charge in [0.05, 0.1) is 6.20 Å². The lowest BCUT2D eigenvalue weighted by atomic mass is 10.5. The Bertz CT molecular complexity index is 413. The smallest absolute Gasteiger partial charge is 0.214 e. The molecular weight excluding hydrogens is 176 g/mol. The van der Waals surface area contributed by atoms with Gasteiger partial charge in [-0.25, -0.2) is 9.97 Å². The zero-order valence-electron chi connectivity index (χ0n) is 5.76. The van der Waals surface area contributed by atoms with Gasteiger partial charge in [-0.05, 0) is 11.5 Å². The van der Waals surface area contributed by atoms with Crippen LogP contribution in [0.2, 0.25) is 0 Å². The molecule has 6 heteroatoms. The van der Waals surface area contributed by atoms with Crippen LogP contribution in [0.3, 0.4) is 0 Å². The Morgan fingerprint density at radius 1 is 1.58 bits per heavy atom. The summed E-state index contributed by atoms with van der Waals surface area (Å²) in [7, 11) is 0. The molecular formula is C6H2N4OS. The number of oxazole rings is 1. The molecule has 12 heavy (non-hydrogen) atoms. The van der Waals surface area contributed by atoms with Crippen LogP contribution in [0.25, 0.3) is 11.6 Å². The third kappa shape index (κ3) is 1.06. The minimum absolute atomic E-state index is 0.321. The van der Waals surface area contributed by atoms with Gasteiger partial charge in [0.15, 0.2) is 12.2 Å². The van der Waals surface area contributed by atoms with Crippen molar-refractivity contribution in [2.45, 2.75) is 0 Å². The summed E-state index contributed by atoms with van der Waals surface area (Å²) in [6.07, 6.45) is 2.80. The molecule has 0 aliphatic carbocycles. The molecule has 0 saturated heterocycles. The Morgan fingerprint density at radius 2 is 2.50 bits per heavy atom. The highest BCUT2D eigenvalue weighted by Gasteiger charge is 2.07. The largest absolute Gasteiger partial charge is 0.440 e. The number of nitrogens with zero attached hydrogens (tertiary/aromatic N) is 4. The molecule has 2 heterocycles. The van der Waals surface area contributed by atoms with Crippen molar-refractivity contribution in [3.63, 3.8) is 0 Å². The maximum atomic E-state index is 8.46. The van der Waals surface area contributed by atoms with Crippen molar-refractivity contribution in [3.05, 3.63) is 17.6 Å². The van der Waals surface area contributed by atoms with Crippen molar-refractivity contribution in [1.82, 2.24) is 14.3 Å². The van der Waals surface area contributed by atoms with Gasteiger partial charge in [0.25, 0.3) is 0 Å². The van der Waals surface area contributed by atoms with Crippen LogP contribution in [0, 0.1) is 11.3 Å². The second kappa shape index (κ2) is 2.71. The van der Waals surface area contributed by atoms with Gasteiger partial charge in [0.1, 0.15) is 6.07 Å². The van der Waals surface area contributed by atoms with Crippen LogP contribution in [0.15, 0.2) is 17.0 Å². The molecule has 0 aliphatic heterocycles. The molecule has 0 saturated carbocycles. The Kier molecular flexibility index (Phi) is 1.57. The monoisotopic (exact) mass is 178 g/mol. The van der Waals surface area contributed by atoms with Crippen LogP contribution in [-0.2, 0) is 0 Å². The molecule has 0 bridgehead atoms. The van der Waals surface area contributed by atoms with E-state index in [1.54, 1.807) is 0 Å². The second-order valence-corrected chi connectivity index (χ2v) is 2.65. The SMILES string of the molecule is N#Cc1nc(-c2cnco2)ns1. The molecule has 0 spiro atoms. The van der Waals surface area contributed by atoms with Crippen LogP contribution < -0.4 is 0 Å². The fourth-order valence-corrected chi connectivity index (χ4v) is 1.17. The van der Waals surface area contributed by atoms with E-state index in [1.165, 1.54) is 12.6 Å². The maximum Gasteiger partial charge on any atom is 0.214 e. The van der Waals surface area contributed by atoms with E-state index in [2.05, 4.69) is 14.3 Å². The molecule has 58 valence electrons. The standard InChI is InChI=1S/C6H2N4OS/c7-1-5-9-6(10-12-5)4-2-8-3-11-4/h2-3H. The Balaban J connectivity index is 2.44. The van der Waals surface area contributed by atoms with Gasteiger partial charge in [-0.2, -0.15) is 9.64 Å². The molecule has 2 aromatic rings. The minimum Gasteiger partial charge on any atom is -0.440 e. The molecule has 0 N–H and O–H groups in total. The summed E-state index contributed by atoms with van der Waals surface area (Å²) in [5.74, 6) is 0.891. The van der Waals surface area contributed by atoms with Gasteiger partial charge in [-0.15, -0.1) is 0 Å². The third-order valence-corrected chi connectivity index (χ3v) is 1.79. The van der Waals surface area contributed by atoms with E-state index in [4.69, 9.17) is 9.68 Å². The summed E-state index contributed by atoms with van der Waals surface area (Å²) in [6.45, 7) is 0. The van der Waals surface area contributed by atoms with E-state index in [1.807, 2.05) is 6.07 Å². The van der Waals surface area contributed by atoms with Crippen LogP contribution in [0.1, 0.15) is 5.01 Å². The van der Waals surface area contributed by atoms with E-state index in [9.17, 15) is 0 Å². The quantitative estimate of drug-likeness (QED) is 0.652. The Hall–Kier alpha value is -1.74. The first-order valence-electron chi connectivity index (χ1n) is 3.03. The summed E-state index contributed by atoms with van der Waals surface area (Å²) in [5.41, 5.74) is 0. The molecule has 5 nitrogen and oxygen atoms in total. The molecule has 2 rings (SSSR count). The van der Waals surface area contributed by atoms with Crippen LogP contribution in [-0.4, -0.2) is 14.3 Å². The lowest BCUT2D eigenvalue weighted by Crippen LogP contribution is -1.76.